The second-order valence-electron chi connectivity index (χ2n) is 8.08. The van der Waals surface area contributed by atoms with Crippen molar-refractivity contribution in [1.82, 2.24) is 9.55 Å². The molecule has 198 valence electrons. The summed E-state index contributed by atoms with van der Waals surface area (Å²) in [5.74, 6) is -6.63. The highest BCUT2D eigenvalue weighted by molar-refractivity contribution is 6.35. The molecule has 4 rings (SSSR count). The molecule has 0 radical (unpaired) electrons. The maximum Gasteiger partial charge on any atom is 0.343 e. The molecule has 0 saturated heterocycles. The predicted molar refractivity (Wildman–Crippen MR) is 133 cm³/mol. The number of carbonyl (C=O) groups excluding carboxylic acids is 1. The standard InChI is InChI=1S/C26H20ClF4N3O4/c1-4-38-26(36)16-11-34(22-15(23(16)35)9-17(28)21(31)18(22)27)25-20(30)12(2)19(29)24(33-25)32-10-13-5-7-14(37-3)8-6-13/h5-9,11H,4,10H2,1-3H3,(H,32,33). The lowest BCUT2D eigenvalue weighted by Gasteiger charge is -2.18. The van der Waals surface area contributed by atoms with Gasteiger partial charge in [0.25, 0.3) is 0 Å². The van der Waals surface area contributed by atoms with Crippen LogP contribution in [0.25, 0.3) is 16.7 Å². The molecule has 2 aromatic carbocycles. The molecule has 2 aromatic heterocycles. The molecule has 7 nitrogen and oxygen atoms in total. The van der Waals surface area contributed by atoms with E-state index in [1.54, 1.807) is 24.3 Å². The van der Waals surface area contributed by atoms with Crippen LogP contribution < -0.4 is 15.5 Å². The first-order valence-corrected chi connectivity index (χ1v) is 11.6. The lowest BCUT2D eigenvalue weighted by Crippen LogP contribution is -2.22. The molecule has 0 aliphatic carbocycles. The first-order chi connectivity index (χ1) is 18.1. The van der Waals surface area contributed by atoms with Crippen molar-refractivity contribution >= 4 is 34.3 Å². The second-order valence-corrected chi connectivity index (χ2v) is 8.46. The van der Waals surface area contributed by atoms with E-state index in [0.717, 1.165) is 23.3 Å². The average molecular weight is 550 g/mol. The number of esters is 1. The third-order valence-corrected chi connectivity index (χ3v) is 6.09. The number of aromatic nitrogens is 2. The zero-order chi connectivity index (χ0) is 27.7. The fraction of sp³-hybridized carbons (Fsp3) is 0.192. The topological polar surface area (TPSA) is 82.5 Å². The van der Waals surface area contributed by atoms with Gasteiger partial charge in [0.05, 0.1) is 24.6 Å². The van der Waals surface area contributed by atoms with Gasteiger partial charge in [0.2, 0.25) is 5.43 Å². The van der Waals surface area contributed by atoms with Crippen molar-refractivity contribution in [3.63, 3.8) is 0 Å². The second kappa shape index (κ2) is 10.7. The van der Waals surface area contributed by atoms with Gasteiger partial charge in [-0.1, -0.05) is 23.7 Å². The number of rotatable bonds is 7. The highest BCUT2D eigenvalue weighted by Gasteiger charge is 2.26. The predicted octanol–water partition coefficient (Wildman–Crippen LogP) is 5.70. The molecular formula is C26H20ClF4N3O4. The third kappa shape index (κ3) is 4.76. The zero-order valence-corrected chi connectivity index (χ0v) is 21.1. The van der Waals surface area contributed by atoms with Gasteiger partial charge in [0.1, 0.15) is 16.3 Å². The van der Waals surface area contributed by atoms with Gasteiger partial charge < -0.3 is 14.8 Å². The number of methoxy groups -OCH3 is 1. The Balaban J connectivity index is 1.94. The first kappa shape index (κ1) is 26.9. The summed E-state index contributed by atoms with van der Waals surface area (Å²) in [5.41, 5.74) is -1.85. The van der Waals surface area contributed by atoms with E-state index in [1.807, 2.05) is 0 Å². The van der Waals surface area contributed by atoms with E-state index in [-0.39, 0.29) is 19.0 Å². The van der Waals surface area contributed by atoms with Crippen LogP contribution >= 0.6 is 11.6 Å². The number of halogens is 5. The average Bonchev–Trinajstić information content (AvgIpc) is 2.91. The minimum atomic E-state index is -1.51. The van der Waals surface area contributed by atoms with Gasteiger partial charge in [0, 0.05) is 18.3 Å². The summed E-state index contributed by atoms with van der Waals surface area (Å²) in [5, 5.41) is 1.38. The Morgan fingerprint density at radius 1 is 1.11 bits per heavy atom. The molecule has 0 aliphatic rings. The fourth-order valence-electron chi connectivity index (χ4n) is 3.76. The van der Waals surface area contributed by atoms with Gasteiger partial charge in [0.15, 0.2) is 34.9 Å². The van der Waals surface area contributed by atoms with Gasteiger partial charge >= 0.3 is 5.97 Å². The van der Waals surface area contributed by atoms with Crippen LogP contribution in [0.3, 0.4) is 0 Å². The minimum Gasteiger partial charge on any atom is -0.497 e. The Kier molecular flexibility index (Phi) is 7.58. The number of hydrogen-bond donors (Lipinski definition) is 1. The number of pyridine rings is 2. The Hall–Kier alpha value is -4.12. The van der Waals surface area contributed by atoms with Crippen LogP contribution in [0.15, 0.2) is 41.3 Å². The van der Waals surface area contributed by atoms with Crippen LogP contribution in [0.4, 0.5) is 23.4 Å². The van der Waals surface area contributed by atoms with Crippen LogP contribution in [0.1, 0.15) is 28.4 Å². The van der Waals surface area contributed by atoms with E-state index in [9.17, 15) is 18.4 Å². The van der Waals surface area contributed by atoms with E-state index in [2.05, 4.69) is 10.3 Å². The molecule has 0 spiro atoms. The zero-order valence-electron chi connectivity index (χ0n) is 20.3. The molecular weight excluding hydrogens is 530 g/mol. The third-order valence-electron chi connectivity index (χ3n) is 5.75. The molecule has 38 heavy (non-hydrogen) atoms. The summed E-state index contributed by atoms with van der Waals surface area (Å²) < 4.78 is 69.9. The Morgan fingerprint density at radius 2 is 1.79 bits per heavy atom. The van der Waals surface area contributed by atoms with Gasteiger partial charge in [-0.15, -0.1) is 0 Å². The van der Waals surface area contributed by atoms with Crippen molar-refractivity contribution in [3.05, 3.63) is 91.7 Å². The molecule has 0 amide bonds. The van der Waals surface area contributed by atoms with E-state index in [4.69, 9.17) is 21.1 Å². The number of fused-ring (bicyclic) bond motifs is 1. The summed E-state index contributed by atoms with van der Waals surface area (Å²) >= 11 is 6.04. The van der Waals surface area contributed by atoms with Gasteiger partial charge in [-0.25, -0.2) is 27.3 Å². The quantitative estimate of drug-likeness (QED) is 0.181. The van der Waals surface area contributed by atoms with Crippen molar-refractivity contribution in [2.75, 3.05) is 19.0 Å². The van der Waals surface area contributed by atoms with Crippen molar-refractivity contribution < 1.29 is 31.8 Å². The fourth-order valence-corrected chi connectivity index (χ4v) is 4.05. The molecule has 2 heterocycles. The number of benzene rings is 2. The van der Waals surface area contributed by atoms with Crippen molar-refractivity contribution in [2.45, 2.75) is 20.4 Å². The molecule has 4 aromatic rings. The summed E-state index contributed by atoms with van der Waals surface area (Å²) in [6, 6.07) is 7.37. The molecule has 12 heteroatoms. The Bertz CT molecular complexity index is 1620. The largest absolute Gasteiger partial charge is 0.497 e. The van der Waals surface area contributed by atoms with Gasteiger partial charge in [-0.2, -0.15) is 0 Å². The van der Waals surface area contributed by atoms with Crippen LogP contribution in [0, 0.1) is 30.2 Å². The maximum absolute atomic E-state index is 15.4. The molecule has 1 N–H and O–H groups in total. The number of carbonyl (C=O) groups is 1. The summed E-state index contributed by atoms with van der Waals surface area (Å²) in [4.78, 5) is 29.5. The summed E-state index contributed by atoms with van der Waals surface area (Å²) in [6.07, 6.45) is 0.849. The number of nitrogens with one attached hydrogen (secondary N) is 1. The normalized spacial score (nSPS) is 11.1. The van der Waals surface area contributed by atoms with Crippen LogP contribution in [0.5, 0.6) is 5.75 Å². The number of ether oxygens (including phenoxy) is 2. The lowest BCUT2D eigenvalue weighted by atomic mass is 10.1. The highest BCUT2D eigenvalue weighted by atomic mass is 35.5. The summed E-state index contributed by atoms with van der Waals surface area (Å²) in [7, 11) is 1.51. The van der Waals surface area contributed by atoms with Crippen molar-refractivity contribution in [3.8, 4) is 11.6 Å². The molecule has 0 atom stereocenters. The smallest absolute Gasteiger partial charge is 0.343 e. The van der Waals surface area contributed by atoms with Gasteiger partial charge in [-0.3, -0.25) is 9.36 Å². The van der Waals surface area contributed by atoms with Gasteiger partial charge in [-0.05, 0) is 37.6 Å². The monoisotopic (exact) mass is 549 g/mol. The lowest BCUT2D eigenvalue weighted by molar-refractivity contribution is 0.0524. The van der Waals surface area contributed by atoms with E-state index in [1.165, 1.54) is 14.0 Å². The number of nitrogens with zero attached hydrogens (tertiary/aromatic N) is 2. The highest BCUT2D eigenvalue weighted by Crippen LogP contribution is 2.32. The SMILES string of the molecule is CCOC(=O)c1cn(-c2nc(NCc3ccc(OC)cc3)c(F)c(C)c2F)c2c(Cl)c(F)c(F)cc2c1=O. The first-order valence-electron chi connectivity index (χ1n) is 11.2. The minimum absolute atomic E-state index is 0.0814. The number of anilines is 1. The summed E-state index contributed by atoms with van der Waals surface area (Å²) in [6.45, 7) is 2.62. The molecule has 0 aliphatic heterocycles. The van der Waals surface area contributed by atoms with Crippen LogP contribution in [-0.2, 0) is 11.3 Å². The molecule has 0 fully saturated rings. The molecule has 0 bridgehead atoms. The van der Waals surface area contributed by atoms with Crippen molar-refractivity contribution in [1.29, 1.82) is 0 Å². The number of hydrogen-bond acceptors (Lipinski definition) is 6. The molecule has 0 saturated carbocycles. The van der Waals surface area contributed by atoms with E-state index in [0.29, 0.717) is 11.8 Å². The maximum atomic E-state index is 15.4. The molecule has 0 unspecified atom stereocenters. The van der Waals surface area contributed by atoms with Crippen LogP contribution in [0.2, 0.25) is 5.02 Å². The van der Waals surface area contributed by atoms with E-state index < -0.39 is 67.5 Å². The van der Waals surface area contributed by atoms with E-state index >= 15 is 8.78 Å². The van der Waals surface area contributed by atoms with Crippen LogP contribution in [-0.4, -0.2) is 29.2 Å². The Morgan fingerprint density at radius 3 is 2.42 bits per heavy atom. The van der Waals surface area contributed by atoms with Crippen molar-refractivity contribution in [2.24, 2.45) is 0 Å². The Labute approximate surface area is 218 Å².